The SMILES string of the molecule is CCOC(=O)C1=C(CN2CCN(C(=O)OCC)CC2)NC(=O)NC1c1ccccc1OC. The van der Waals surface area contributed by atoms with Gasteiger partial charge in [0, 0.05) is 44.0 Å². The van der Waals surface area contributed by atoms with Crippen LogP contribution in [-0.4, -0.2) is 80.9 Å². The summed E-state index contributed by atoms with van der Waals surface area (Å²) in [4.78, 5) is 41.1. The maximum atomic E-state index is 13.0. The summed E-state index contributed by atoms with van der Waals surface area (Å²) in [6.45, 7) is 6.56. The first-order valence-corrected chi connectivity index (χ1v) is 10.7. The molecular formula is C22H30N4O6. The number of carbonyl (C=O) groups is 3. The third kappa shape index (κ3) is 5.31. The molecule has 10 heteroatoms. The molecule has 0 bridgehead atoms. The van der Waals surface area contributed by atoms with Gasteiger partial charge in [-0.25, -0.2) is 14.4 Å². The zero-order chi connectivity index (χ0) is 23.1. The highest BCUT2D eigenvalue weighted by Gasteiger charge is 2.36. The summed E-state index contributed by atoms with van der Waals surface area (Å²) < 4.78 is 15.8. The molecule has 1 fully saturated rings. The van der Waals surface area contributed by atoms with Crippen LogP contribution in [0.2, 0.25) is 0 Å². The highest BCUT2D eigenvalue weighted by Crippen LogP contribution is 2.33. The van der Waals surface area contributed by atoms with Gasteiger partial charge < -0.3 is 29.7 Å². The van der Waals surface area contributed by atoms with Gasteiger partial charge in [-0.05, 0) is 19.9 Å². The molecule has 32 heavy (non-hydrogen) atoms. The van der Waals surface area contributed by atoms with Crippen molar-refractivity contribution in [2.24, 2.45) is 0 Å². The van der Waals surface area contributed by atoms with Crippen LogP contribution in [0.15, 0.2) is 35.5 Å². The fraction of sp³-hybridized carbons (Fsp3) is 0.500. The number of piperazine rings is 1. The molecule has 1 aromatic rings. The van der Waals surface area contributed by atoms with E-state index in [1.807, 2.05) is 18.2 Å². The Hall–Kier alpha value is -3.27. The van der Waals surface area contributed by atoms with E-state index in [0.717, 1.165) is 0 Å². The molecule has 0 aromatic heterocycles. The molecule has 2 N–H and O–H groups in total. The van der Waals surface area contributed by atoms with Crippen LogP contribution in [0.1, 0.15) is 25.5 Å². The highest BCUT2D eigenvalue weighted by atomic mass is 16.6. The minimum absolute atomic E-state index is 0.209. The van der Waals surface area contributed by atoms with Crippen molar-refractivity contribution in [2.75, 3.05) is 53.0 Å². The molecule has 2 aliphatic rings. The van der Waals surface area contributed by atoms with Crippen LogP contribution in [0.5, 0.6) is 5.75 Å². The molecule has 0 spiro atoms. The Morgan fingerprint density at radius 3 is 2.41 bits per heavy atom. The van der Waals surface area contributed by atoms with Crippen LogP contribution >= 0.6 is 0 Å². The summed E-state index contributed by atoms with van der Waals surface area (Å²) in [5, 5.41) is 5.61. The predicted octanol–water partition coefficient (Wildman–Crippen LogP) is 1.64. The maximum Gasteiger partial charge on any atom is 0.409 e. The van der Waals surface area contributed by atoms with Gasteiger partial charge in [0.05, 0.1) is 31.9 Å². The zero-order valence-corrected chi connectivity index (χ0v) is 18.7. The second-order valence-electron chi connectivity index (χ2n) is 7.35. The zero-order valence-electron chi connectivity index (χ0n) is 18.7. The quantitative estimate of drug-likeness (QED) is 0.613. The average molecular weight is 447 g/mol. The first-order chi connectivity index (χ1) is 15.5. The summed E-state index contributed by atoms with van der Waals surface area (Å²) >= 11 is 0. The van der Waals surface area contributed by atoms with Gasteiger partial charge in [-0.15, -0.1) is 0 Å². The lowest BCUT2D eigenvalue weighted by Crippen LogP contribution is -2.52. The van der Waals surface area contributed by atoms with Crippen molar-refractivity contribution in [3.8, 4) is 5.75 Å². The van der Waals surface area contributed by atoms with Gasteiger partial charge in [-0.2, -0.15) is 0 Å². The van der Waals surface area contributed by atoms with E-state index >= 15 is 0 Å². The van der Waals surface area contributed by atoms with Gasteiger partial charge in [0.15, 0.2) is 0 Å². The van der Waals surface area contributed by atoms with Crippen molar-refractivity contribution in [3.05, 3.63) is 41.1 Å². The van der Waals surface area contributed by atoms with Gasteiger partial charge in [-0.3, -0.25) is 4.90 Å². The lowest BCUT2D eigenvalue weighted by atomic mass is 9.94. The monoisotopic (exact) mass is 446 g/mol. The average Bonchev–Trinajstić information content (AvgIpc) is 2.79. The fourth-order valence-electron chi connectivity index (χ4n) is 3.86. The fourth-order valence-corrected chi connectivity index (χ4v) is 3.86. The number of nitrogens with zero attached hydrogens (tertiary/aromatic N) is 2. The number of esters is 1. The molecule has 174 valence electrons. The smallest absolute Gasteiger partial charge is 0.409 e. The normalized spacial score (nSPS) is 19.2. The van der Waals surface area contributed by atoms with Crippen molar-refractivity contribution in [1.82, 2.24) is 20.4 Å². The number of carbonyl (C=O) groups excluding carboxylic acids is 3. The van der Waals surface area contributed by atoms with Crippen LogP contribution < -0.4 is 15.4 Å². The van der Waals surface area contributed by atoms with Gasteiger partial charge in [0.2, 0.25) is 0 Å². The van der Waals surface area contributed by atoms with Crippen molar-refractivity contribution in [1.29, 1.82) is 0 Å². The number of hydrogen-bond donors (Lipinski definition) is 2. The minimum Gasteiger partial charge on any atom is -0.496 e. The van der Waals surface area contributed by atoms with Gasteiger partial charge in [-0.1, -0.05) is 18.2 Å². The van der Waals surface area contributed by atoms with Crippen molar-refractivity contribution < 1.29 is 28.6 Å². The van der Waals surface area contributed by atoms with E-state index in [1.165, 1.54) is 0 Å². The second kappa shape index (κ2) is 10.9. The Labute approximate surface area is 187 Å². The van der Waals surface area contributed by atoms with Crippen LogP contribution in [-0.2, 0) is 14.3 Å². The van der Waals surface area contributed by atoms with Gasteiger partial charge in [0.25, 0.3) is 0 Å². The highest BCUT2D eigenvalue weighted by molar-refractivity contribution is 5.95. The van der Waals surface area contributed by atoms with Crippen molar-refractivity contribution in [2.45, 2.75) is 19.9 Å². The molecule has 0 radical (unpaired) electrons. The lowest BCUT2D eigenvalue weighted by molar-refractivity contribution is -0.139. The molecule has 1 saturated heterocycles. The molecule has 1 atom stereocenters. The van der Waals surface area contributed by atoms with E-state index in [4.69, 9.17) is 14.2 Å². The number of hydrogen-bond acceptors (Lipinski definition) is 7. The van der Waals surface area contributed by atoms with E-state index in [9.17, 15) is 14.4 Å². The number of amides is 3. The van der Waals surface area contributed by atoms with Crippen LogP contribution in [0.25, 0.3) is 0 Å². The molecule has 0 saturated carbocycles. The van der Waals surface area contributed by atoms with Crippen molar-refractivity contribution >= 4 is 18.1 Å². The molecule has 10 nitrogen and oxygen atoms in total. The number of ether oxygens (including phenoxy) is 3. The first kappa shape index (κ1) is 23.4. The number of para-hydroxylation sites is 1. The van der Waals surface area contributed by atoms with E-state index in [2.05, 4.69) is 15.5 Å². The Bertz CT molecular complexity index is 879. The molecule has 1 unspecified atom stereocenters. The molecule has 0 aliphatic carbocycles. The molecule has 1 aromatic carbocycles. The number of nitrogens with one attached hydrogen (secondary N) is 2. The summed E-state index contributed by atoms with van der Waals surface area (Å²) in [6.07, 6.45) is -0.329. The van der Waals surface area contributed by atoms with Gasteiger partial charge >= 0.3 is 18.1 Å². The molecule has 2 heterocycles. The topological polar surface area (TPSA) is 109 Å². The summed E-state index contributed by atoms with van der Waals surface area (Å²) in [5.41, 5.74) is 1.48. The maximum absolute atomic E-state index is 13.0. The number of urea groups is 1. The van der Waals surface area contributed by atoms with Crippen molar-refractivity contribution in [3.63, 3.8) is 0 Å². The molecule has 2 aliphatic heterocycles. The Morgan fingerprint density at radius 1 is 1.06 bits per heavy atom. The molecule has 3 amide bonds. The number of methoxy groups -OCH3 is 1. The van der Waals surface area contributed by atoms with Gasteiger partial charge in [0.1, 0.15) is 5.75 Å². The van der Waals surface area contributed by atoms with Crippen LogP contribution in [0.3, 0.4) is 0 Å². The minimum atomic E-state index is -0.713. The standard InChI is InChI=1S/C22H30N4O6/c1-4-31-20(27)18-16(14-25-10-12-26(13-11-25)22(29)32-5-2)23-21(28)24-19(18)15-8-6-7-9-17(15)30-3/h6-9,19H,4-5,10-14H2,1-3H3,(H2,23,24,28). The van der Waals surface area contributed by atoms with E-state index < -0.39 is 18.0 Å². The summed E-state index contributed by atoms with van der Waals surface area (Å²) in [6, 6.07) is 6.11. The second-order valence-corrected chi connectivity index (χ2v) is 7.35. The third-order valence-corrected chi connectivity index (χ3v) is 5.38. The molecular weight excluding hydrogens is 416 g/mol. The predicted molar refractivity (Wildman–Crippen MR) is 116 cm³/mol. The van der Waals surface area contributed by atoms with Crippen LogP contribution in [0.4, 0.5) is 9.59 Å². The number of benzene rings is 1. The largest absolute Gasteiger partial charge is 0.496 e. The van der Waals surface area contributed by atoms with Crippen LogP contribution in [0, 0.1) is 0 Å². The lowest BCUT2D eigenvalue weighted by Gasteiger charge is -2.36. The Morgan fingerprint density at radius 2 is 1.75 bits per heavy atom. The Balaban J connectivity index is 1.87. The third-order valence-electron chi connectivity index (χ3n) is 5.38. The van der Waals surface area contributed by atoms with E-state index in [-0.39, 0.29) is 12.7 Å². The number of rotatable bonds is 7. The van der Waals surface area contributed by atoms with E-state index in [1.54, 1.807) is 31.9 Å². The summed E-state index contributed by atoms with van der Waals surface area (Å²) in [7, 11) is 1.54. The Kier molecular flexibility index (Phi) is 7.93. The molecule has 3 rings (SSSR count). The summed E-state index contributed by atoms with van der Waals surface area (Å²) in [5.74, 6) is 0.0555. The first-order valence-electron chi connectivity index (χ1n) is 10.7. The van der Waals surface area contributed by atoms with E-state index in [0.29, 0.717) is 61.9 Å².